The van der Waals surface area contributed by atoms with E-state index in [1.54, 1.807) is 0 Å². The van der Waals surface area contributed by atoms with Gasteiger partial charge >= 0.3 is 0 Å². The van der Waals surface area contributed by atoms with E-state index < -0.39 is 0 Å². The average molecular weight is 428 g/mol. The first-order valence-corrected chi connectivity index (χ1v) is 12.1. The lowest BCUT2D eigenvalue weighted by molar-refractivity contribution is 0.234. The average Bonchev–Trinajstić information content (AvgIpc) is 3.31. The fraction of sp³-hybridized carbons (Fsp3) is 0.414. The Morgan fingerprint density at radius 1 is 1.03 bits per heavy atom. The number of likely N-dealkylation sites (tertiary alicyclic amines) is 1. The highest BCUT2D eigenvalue weighted by Gasteiger charge is 2.19. The van der Waals surface area contributed by atoms with Gasteiger partial charge in [-0.3, -0.25) is 0 Å². The molecule has 0 atom stereocenters. The number of aliphatic imine (C=N–C) groups is 1. The summed E-state index contributed by atoms with van der Waals surface area (Å²) in [5.74, 6) is 0. The molecule has 32 heavy (non-hydrogen) atoms. The van der Waals surface area contributed by atoms with Crippen LogP contribution in [0.1, 0.15) is 67.6 Å². The molecule has 3 heteroatoms. The summed E-state index contributed by atoms with van der Waals surface area (Å²) < 4.78 is 0. The molecule has 1 fully saturated rings. The number of benzene rings is 1. The Morgan fingerprint density at radius 2 is 1.78 bits per heavy atom. The van der Waals surface area contributed by atoms with Gasteiger partial charge in [0.15, 0.2) is 0 Å². The second-order valence-electron chi connectivity index (χ2n) is 9.47. The number of piperidine rings is 1. The first-order chi connectivity index (χ1) is 15.4. The van der Waals surface area contributed by atoms with Crippen molar-refractivity contribution in [3.63, 3.8) is 0 Å². The van der Waals surface area contributed by atoms with Crippen molar-refractivity contribution < 1.29 is 0 Å². The summed E-state index contributed by atoms with van der Waals surface area (Å²) in [4.78, 5) is 11.2. The molecule has 1 aromatic heterocycles. The van der Waals surface area contributed by atoms with Gasteiger partial charge in [-0.2, -0.15) is 0 Å². The Hall–Kier alpha value is -2.65. The lowest BCUT2D eigenvalue weighted by atomic mass is 9.91. The SMILES string of the molecule is CC1=CC(C(/C)=C(\CCN2CCCCC2)c2ccccc2C)=N/C1=C\c1[nH]c(C)cc1C. The number of hydrogen-bond donors (Lipinski definition) is 1. The fourth-order valence-corrected chi connectivity index (χ4v) is 4.95. The minimum Gasteiger partial charge on any atom is -0.359 e. The van der Waals surface area contributed by atoms with Gasteiger partial charge in [-0.15, -0.1) is 0 Å². The minimum absolute atomic E-state index is 1.06. The van der Waals surface area contributed by atoms with E-state index in [-0.39, 0.29) is 0 Å². The fourth-order valence-electron chi connectivity index (χ4n) is 4.95. The highest BCUT2D eigenvalue weighted by molar-refractivity contribution is 6.15. The summed E-state index contributed by atoms with van der Waals surface area (Å²) in [7, 11) is 0. The topological polar surface area (TPSA) is 31.4 Å². The van der Waals surface area contributed by atoms with E-state index in [0.29, 0.717) is 0 Å². The van der Waals surface area contributed by atoms with Crippen LogP contribution in [0.5, 0.6) is 0 Å². The van der Waals surface area contributed by atoms with Gasteiger partial charge in [0.25, 0.3) is 0 Å². The number of hydrogen-bond acceptors (Lipinski definition) is 2. The summed E-state index contributed by atoms with van der Waals surface area (Å²) in [6.45, 7) is 14.5. The van der Waals surface area contributed by atoms with Gasteiger partial charge in [0.1, 0.15) is 0 Å². The maximum atomic E-state index is 5.08. The number of allylic oxidation sites excluding steroid dienone is 3. The van der Waals surface area contributed by atoms with Gasteiger partial charge in [0.2, 0.25) is 0 Å². The predicted octanol–water partition coefficient (Wildman–Crippen LogP) is 7.03. The normalized spacial score (nSPS) is 19.2. The number of nitrogens with zero attached hydrogens (tertiary/aromatic N) is 2. The van der Waals surface area contributed by atoms with Crippen molar-refractivity contribution >= 4 is 17.4 Å². The molecule has 2 aromatic rings. The lowest BCUT2D eigenvalue weighted by Crippen LogP contribution is -2.30. The molecule has 0 radical (unpaired) electrons. The third-order valence-corrected chi connectivity index (χ3v) is 6.90. The highest BCUT2D eigenvalue weighted by Crippen LogP contribution is 2.31. The number of aryl methyl sites for hydroxylation is 3. The standard InChI is InChI=1S/C29H37N3/c1-20-11-7-8-12-25(20)26(13-16-32-14-9-6-10-15-32)24(5)29-18-22(3)28(31-29)19-27-21(2)17-23(4)30-27/h7-8,11-12,17-19,30H,6,9-10,13-16H2,1-5H3/b26-24+,28-19-. The molecule has 0 spiro atoms. The molecule has 0 unspecified atom stereocenters. The van der Waals surface area contributed by atoms with Gasteiger partial charge in [-0.1, -0.05) is 30.7 Å². The molecule has 1 saturated heterocycles. The van der Waals surface area contributed by atoms with Crippen molar-refractivity contribution in [3.8, 4) is 0 Å². The van der Waals surface area contributed by atoms with Crippen LogP contribution < -0.4 is 0 Å². The number of rotatable bonds is 6. The molecule has 0 bridgehead atoms. The molecular weight excluding hydrogens is 390 g/mol. The van der Waals surface area contributed by atoms with Crippen LogP contribution in [0, 0.1) is 20.8 Å². The monoisotopic (exact) mass is 427 g/mol. The molecule has 0 saturated carbocycles. The molecule has 3 nitrogen and oxygen atoms in total. The van der Waals surface area contributed by atoms with Gasteiger partial charge in [0, 0.05) is 17.9 Å². The molecule has 2 aliphatic heterocycles. The second kappa shape index (κ2) is 9.87. The minimum atomic E-state index is 1.06. The van der Waals surface area contributed by atoms with Crippen LogP contribution in [0.25, 0.3) is 11.6 Å². The summed E-state index contributed by atoms with van der Waals surface area (Å²) in [6, 6.07) is 11.0. The smallest absolute Gasteiger partial charge is 0.0687 e. The van der Waals surface area contributed by atoms with Gasteiger partial charge in [-0.05, 0) is 119 Å². The van der Waals surface area contributed by atoms with Crippen LogP contribution in [0.15, 0.2) is 58.2 Å². The van der Waals surface area contributed by atoms with Gasteiger partial charge in [0.05, 0.1) is 11.4 Å². The molecular formula is C29H37N3. The van der Waals surface area contributed by atoms with E-state index in [4.69, 9.17) is 4.99 Å². The van der Waals surface area contributed by atoms with Crippen molar-refractivity contribution in [1.82, 2.24) is 9.88 Å². The summed E-state index contributed by atoms with van der Waals surface area (Å²) >= 11 is 0. The quantitative estimate of drug-likeness (QED) is 0.527. The predicted molar refractivity (Wildman–Crippen MR) is 138 cm³/mol. The lowest BCUT2D eigenvalue weighted by Gasteiger charge is -2.27. The molecule has 0 amide bonds. The molecule has 0 aliphatic carbocycles. The number of nitrogens with one attached hydrogen (secondary N) is 1. The first-order valence-electron chi connectivity index (χ1n) is 12.1. The summed E-state index contributed by atoms with van der Waals surface area (Å²) in [5, 5.41) is 0. The van der Waals surface area contributed by atoms with Crippen LogP contribution in [0.2, 0.25) is 0 Å². The van der Waals surface area contributed by atoms with E-state index in [1.165, 1.54) is 71.5 Å². The van der Waals surface area contributed by atoms with Crippen molar-refractivity contribution in [2.45, 2.75) is 60.3 Å². The van der Waals surface area contributed by atoms with Crippen LogP contribution in [0.4, 0.5) is 0 Å². The molecule has 4 rings (SSSR count). The van der Waals surface area contributed by atoms with Crippen LogP contribution >= 0.6 is 0 Å². The van der Waals surface area contributed by atoms with E-state index in [0.717, 1.165) is 30.1 Å². The van der Waals surface area contributed by atoms with Crippen molar-refractivity contribution in [2.75, 3.05) is 19.6 Å². The Labute approximate surface area is 193 Å². The largest absolute Gasteiger partial charge is 0.359 e. The summed E-state index contributed by atoms with van der Waals surface area (Å²) in [6.07, 6.45) is 9.56. The van der Waals surface area contributed by atoms with Crippen molar-refractivity contribution in [2.24, 2.45) is 4.99 Å². The number of aromatic nitrogens is 1. The maximum Gasteiger partial charge on any atom is 0.0687 e. The molecule has 2 aliphatic rings. The van der Waals surface area contributed by atoms with E-state index >= 15 is 0 Å². The zero-order chi connectivity index (χ0) is 22.7. The second-order valence-corrected chi connectivity index (χ2v) is 9.47. The summed E-state index contributed by atoms with van der Waals surface area (Å²) in [5.41, 5.74) is 12.4. The molecule has 1 aromatic carbocycles. The van der Waals surface area contributed by atoms with Crippen LogP contribution in [0.3, 0.4) is 0 Å². The van der Waals surface area contributed by atoms with Crippen LogP contribution in [-0.4, -0.2) is 35.2 Å². The molecule has 1 N–H and O–H groups in total. The number of H-pyrrole nitrogens is 1. The molecule has 168 valence electrons. The zero-order valence-electron chi connectivity index (χ0n) is 20.4. The van der Waals surface area contributed by atoms with E-state index in [1.807, 2.05) is 0 Å². The van der Waals surface area contributed by atoms with Gasteiger partial charge < -0.3 is 9.88 Å². The van der Waals surface area contributed by atoms with Crippen LogP contribution in [-0.2, 0) is 0 Å². The molecule has 3 heterocycles. The third-order valence-electron chi connectivity index (χ3n) is 6.90. The highest BCUT2D eigenvalue weighted by atomic mass is 15.1. The van der Waals surface area contributed by atoms with Crippen molar-refractivity contribution in [3.05, 3.63) is 81.3 Å². The van der Waals surface area contributed by atoms with Crippen molar-refractivity contribution in [1.29, 1.82) is 0 Å². The first kappa shape index (κ1) is 22.5. The Morgan fingerprint density at radius 3 is 2.47 bits per heavy atom. The zero-order valence-corrected chi connectivity index (χ0v) is 20.4. The van der Waals surface area contributed by atoms with E-state index in [9.17, 15) is 0 Å². The van der Waals surface area contributed by atoms with Gasteiger partial charge in [-0.25, -0.2) is 4.99 Å². The maximum absolute atomic E-state index is 5.08. The Kier molecular flexibility index (Phi) is 6.95. The Bertz CT molecular complexity index is 1100. The Balaban J connectivity index is 1.68. The third kappa shape index (κ3) is 5.05. The van der Waals surface area contributed by atoms with E-state index in [2.05, 4.69) is 87.0 Å². The number of aromatic amines is 1.